The number of hydrogen-bond donors (Lipinski definition) is 1. The average molecular weight is 422 g/mol. The summed E-state index contributed by atoms with van der Waals surface area (Å²) in [4.78, 5) is 19.6. The predicted molar refractivity (Wildman–Crippen MR) is 121 cm³/mol. The van der Waals surface area contributed by atoms with Crippen LogP contribution < -0.4 is 10.1 Å². The highest BCUT2D eigenvalue weighted by molar-refractivity contribution is 7.13. The summed E-state index contributed by atoms with van der Waals surface area (Å²) in [5.41, 5.74) is 4.03. The molecule has 2 aromatic carbocycles. The van der Waals surface area contributed by atoms with E-state index in [0.29, 0.717) is 5.69 Å². The summed E-state index contributed by atoms with van der Waals surface area (Å²) in [5, 5.41) is 5.90. The number of nitrogens with zero attached hydrogens (tertiary/aromatic N) is 2. The summed E-state index contributed by atoms with van der Waals surface area (Å²) in [6.45, 7) is 4.90. The molecule has 1 aromatic heterocycles. The van der Waals surface area contributed by atoms with E-state index in [-0.39, 0.29) is 11.9 Å². The fourth-order valence-electron chi connectivity index (χ4n) is 3.73. The van der Waals surface area contributed by atoms with Crippen molar-refractivity contribution in [3.05, 3.63) is 70.7 Å². The standard InChI is InChI=1S/C24H27N3O2S/c1-17-6-8-19(9-7-17)24-26-22(16-30-24)23(28)25-20-10-12-27(13-11-20)15-18-4-3-5-21(14-18)29-2/h3-9,14,16,20H,10-13,15H2,1-2H3,(H,25,28). The van der Waals surface area contributed by atoms with Crippen LogP contribution in [0, 0.1) is 6.92 Å². The van der Waals surface area contributed by atoms with Crippen LogP contribution in [-0.4, -0.2) is 42.0 Å². The molecule has 5 nitrogen and oxygen atoms in total. The molecule has 1 aliphatic heterocycles. The molecule has 156 valence electrons. The first-order chi connectivity index (χ1) is 14.6. The van der Waals surface area contributed by atoms with Gasteiger partial charge < -0.3 is 10.1 Å². The molecular weight excluding hydrogens is 394 g/mol. The van der Waals surface area contributed by atoms with Crippen molar-refractivity contribution in [1.82, 2.24) is 15.2 Å². The Balaban J connectivity index is 1.28. The van der Waals surface area contributed by atoms with Gasteiger partial charge in [0.15, 0.2) is 0 Å². The Bertz CT molecular complexity index is 992. The lowest BCUT2D eigenvalue weighted by atomic mass is 10.0. The number of carbonyl (C=O) groups excluding carboxylic acids is 1. The van der Waals surface area contributed by atoms with Crippen LogP contribution >= 0.6 is 11.3 Å². The van der Waals surface area contributed by atoms with E-state index in [1.807, 2.05) is 29.6 Å². The number of methoxy groups -OCH3 is 1. The van der Waals surface area contributed by atoms with Crippen LogP contribution in [0.3, 0.4) is 0 Å². The van der Waals surface area contributed by atoms with E-state index in [0.717, 1.165) is 48.8 Å². The van der Waals surface area contributed by atoms with Gasteiger partial charge in [-0.05, 0) is 37.5 Å². The molecule has 1 N–H and O–H groups in total. The Kier molecular flexibility index (Phi) is 6.45. The highest BCUT2D eigenvalue weighted by atomic mass is 32.1. The molecule has 4 rings (SSSR count). The van der Waals surface area contributed by atoms with Crippen molar-refractivity contribution in [2.75, 3.05) is 20.2 Å². The molecule has 2 heterocycles. The maximum Gasteiger partial charge on any atom is 0.270 e. The number of nitrogens with one attached hydrogen (secondary N) is 1. The van der Waals surface area contributed by atoms with Crippen molar-refractivity contribution in [3.8, 4) is 16.3 Å². The highest BCUT2D eigenvalue weighted by Crippen LogP contribution is 2.24. The third kappa shape index (κ3) is 5.07. The van der Waals surface area contributed by atoms with Crippen LogP contribution in [0.25, 0.3) is 10.6 Å². The zero-order valence-corrected chi connectivity index (χ0v) is 18.2. The van der Waals surface area contributed by atoms with Crippen molar-refractivity contribution >= 4 is 17.2 Å². The molecule has 0 aliphatic carbocycles. The Labute approximate surface area is 181 Å². The highest BCUT2D eigenvalue weighted by Gasteiger charge is 2.22. The quantitative estimate of drug-likeness (QED) is 0.636. The lowest BCUT2D eigenvalue weighted by Crippen LogP contribution is -2.44. The van der Waals surface area contributed by atoms with Crippen LogP contribution in [0.4, 0.5) is 0 Å². The van der Waals surface area contributed by atoms with Crippen LogP contribution in [0.15, 0.2) is 53.9 Å². The molecule has 1 saturated heterocycles. The fourth-order valence-corrected chi connectivity index (χ4v) is 4.54. The zero-order chi connectivity index (χ0) is 20.9. The Morgan fingerprint density at radius 1 is 1.20 bits per heavy atom. The second-order valence-electron chi connectivity index (χ2n) is 7.78. The van der Waals surface area contributed by atoms with Gasteiger partial charge in [0.05, 0.1) is 7.11 Å². The molecule has 1 amide bonds. The Morgan fingerprint density at radius 3 is 2.70 bits per heavy atom. The minimum Gasteiger partial charge on any atom is -0.497 e. The van der Waals surface area contributed by atoms with Gasteiger partial charge in [-0.2, -0.15) is 0 Å². The average Bonchev–Trinajstić information content (AvgIpc) is 3.26. The number of hydrogen-bond acceptors (Lipinski definition) is 5. The number of aryl methyl sites for hydroxylation is 1. The van der Waals surface area contributed by atoms with Gasteiger partial charge in [0.2, 0.25) is 0 Å². The number of thiazole rings is 1. The summed E-state index contributed by atoms with van der Waals surface area (Å²) in [7, 11) is 1.69. The van der Waals surface area contributed by atoms with E-state index in [9.17, 15) is 4.79 Å². The summed E-state index contributed by atoms with van der Waals surface area (Å²) < 4.78 is 5.31. The molecule has 3 aromatic rings. The number of ether oxygens (including phenoxy) is 1. The summed E-state index contributed by atoms with van der Waals surface area (Å²) in [6.07, 6.45) is 1.90. The first-order valence-corrected chi connectivity index (χ1v) is 11.2. The topological polar surface area (TPSA) is 54.5 Å². The minimum absolute atomic E-state index is 0.0733. The number of benzene rings is 2. The third-order valence-electron chi connectivity index (χ3n) is 5.50. The van der Waals surface area contributed by atoms with Crippen LogP contribution in [0.1, 0.15) is 34.5 Å². The van der Waals surface area contributed by atoms with E-state index in [2.05, 4.69) is 46.4 Å². The van der Waals surface area contributed by atoms with Crippen molar-refractivity contribution in [2.45, 2.75) is 32.4 Å². The molecular formula is C24H27N3O2S. The van der Waals surface area contributed by atoms with Crippen molar-refractivity contribution in [2.24, 2.45) is 0 Å². The van der Waals surface area contributed by atoms with Gasteiger partial charge in [-0.3, -0.25) is 9.69 Å². The van der Waals surface area contributed by atoms with E-state index >= 15 is 0 Å². The second kappa shape index (κ2) is 9.41. The monoisotopic (exact) mass is 421 g/mol. The molecule has 30 heavy (non-hydrogen) atoms. The largest absolute Gasteiger partial charge is 0.497 e. The summed E-state index contributed by atoms with van der Waals surface area (Å²) in [6, 6.07) is 16.6. The zero-order valence-electron chi connectivity index (χ0n) is 17.4. The number of rotatable bonds is 6. The van der Waals surface area contributed by atoms with Crippen molar-refractivity contribution < 1.29 is 9.53 Å². The van der Waals surface area contributed by atoms with E-state index in [1.165, 1.54) is 22.5 Å². The predicted octanol–water partition coefficient (Wildman–Crippen LogP) is 4.52. The molecule has 0 atom stereocenters. The lowest BCUT2D eigenvalue weighted by molar-refractivity contribution is 0.0904. The van der Waals surface area contributed by atoms with Gasteiger partial charge in [-0.15, -0.1) is 11.3 Å². The molecule has 6 heteroatoms. The van der Waals surface area contributed by atoms with E-state index in [1.54, 1.807) is 7.11 Å². The third-order valence-corrected chi connectivity index (χ3v) is 6.39. The first kappa shape index (κ1) is 20.6. The number of amides is 1. The second-order valence-corrected chi connectivity index (χ2v) is 8.64. The van der Waals surface area contributed by atoms with Crippen LogP contribution in [0.2, 0.25) is 0 Å². The number of likely N-dealkylation sites (tertiary alicyclic amines) is 1. The van der Waals surface area contributed by atoms with E-state index in [4.69, 9.17) is 4.74 Å². The molecule has 0 bridgehead atoms. The minimum atomic E-state index is -0.0733. The van der Waals surface area contributed by atoms with Gasteiger partial charge in [0.25, 0.3) is 5.91 Å². The first-order valence-electron chi connectivity index (χ1n) is 10.3. The normalized spacial score (nSPS) is 15.1. The van der Waals surface area contributed by atoms with Crippen molar-refractivity contribution in [3.63, 3.8) is 0 Å². The smallest absolute Gasteiger partial charge is 0.270 e. The van der Waals surface area contributed by atoms with Gasteiger partial charge >= 0.3 is 0 Å². The lowest BCUT2D eigenvalue weighted by Gasteiger charge is -2.32. The molecule has 1 aliphatic rings. The summed E-state index contributed by atoms with van der Waals surface area (Å²) in [5.74, 6) is 0.818. The van der Waals surface area contributed by atoms with Gasteiger partial charge in [0, 0.05) is 36.6 Å². The van der Waals surface area contributed by atoms with Crippen molar-refractivity contribution in [1.29, 1.82) is 0 Å². The van der Waals surface area contributed by atoms with Crippen LogP contribution in [0.5, 0.6) is 5.75 Å². The number of carbonyl (C=O) groups is 1. The maximum atomic E-state index is 12.7. The molecule has 0 saturated carbocycles. The molecule has 0 radical (unpaired) electrons. The summed E-state index contributed by atoms with van der Waals surface area (Å²) >= 11 is 1.51. The molecule has 0 unspecified atom stereocenters. The SMILES string of the molecule is COc1cccc(CN2CCC(NC(=O)c3csc(-c4ccc(C)cc4)n3)CC2)c1. The molecule has 0 spiro atoms. The van der Waals surface area contributed by atoms with Crippen LogP contribution in [-0.2, 0) is 6.54 Å². The number of aromatic nitrogens is 1. The number of piperidine rings is 1. The molecule has 1 fully saturated rings. The Morgan fingerprint density at radius 2 is 1.97 bits per heavy atom. The Hall–Kier alpha value is -2.70. The van der Waals surface area contributed by atoms with Gasteiger partial charge in [0.1, 0.15) is 16.5 Å². The fraction of sp³-hybridized carbons (Fsp3) is 0.333. The van der Waals surface area contributed by atoms with Gasteiger partial charge in [-0.25, -0.2) is 4.98 Å². The van der Waals surface area contributed by atoms with Gasteiger partial charge in [-0.1, -0.05) is 42.0 Å². The maximum absolute atomic E-state index is 12.7. The van der Waals surface area contributed by atoms with E-state index < -0.39 is 0 Å².